The number of hydrogen-bond donors (Lipinski definition) is 1. The van der Waals surface area contributed by atoms with Gasteiger partial charge in [-0.25, -0.2) is 0 Å². The number of benzene rings is 1. The number of carbonyl (C=O) groups excluding carboxylic acids is 1. The van der Waals surface area contributed by atoms with E-state index in [9.17, 15) is 4.79 Å². The van der Waals surface area contributed by atoms with Crippen molar-refractivity contribution < 1.29 is 9.32 Å². The fourth-order valence-corrected chi connectivity index (χ4v) is 3.63. The Labute approximate surface area is 164 Å². The number of pyridine rings is 1. The van der Waals surface area contributed by atoms with Crippen LogP contribution in [0.4, 0.5) is 11.5 Å². The molecule has 1 amide bonds. The smallest absolute Gasteiger partial charge is 0.221 e. The van der Waals surface area contributed by atoms with Crippen molar-refractivity contribution in [3.05, 3.63) is 47.8 Å². The second-order valence-corrected chi connectivity index (χ2v) is 7.20. The maximum atomic E-state index is 11.2. The summed E-state index contributed by atoms with van der Waals surface area (Å²) in [6, 6.07) is 11.9. The average Bonchev–Trinajstić information content (AvgIpc) is 3.12. The number of amides is 1. The molecule has 0 saturated carbocycles. The number of carbonyl (C=O) groups is 1. The highest BCUT2D eigenvalue weighted by Crippen LogP contribution is 2.26. The van der Waals surface area contributed by atoms with Gasteiger partial charge in [-0.3, -0.25) is 14.7 Å². The molecule has 1 aromatic carbocycles. The number of rotatable bonds is 5. The van der Waals surface area contributed by atoms with E-state index in [1.165, 1.54) is 6.92 Å². The van der Waals surface area contributed by atoms with Crippen molar-refractivity contribution >= 4 is 28.4 Å². The van der Waals surface area contributed by atoms with E-state index in [4.69, 9.17) is 4.52 Å². The molecule has 0 spiro atoms. The maximum absolute atomic E-state index is 11.2. The van der Waals surface area contributed by atoms with E-state index in [0.29, 0.717) is 0 Å². The summed E-state index contributed by atoms with van der Waals surface area (Å²) in [4.78, 5) is 20.6. The Kier molecular flexibility index (Phi) is 5.25. The van der Waals surface area contributed by atoms with Gasteiger partial charge in [0, 0.05) is 51.8 Å². The van der Waals surface area contributed by atoms with E-state index in [2.05, 4.69) is 31.3 Å². The topological polar surface area (TPSA) is 74.5 Å². The second-order valence-electron chi connectivity index (χ2n) is 7.20. The Hall–Kier alpha value is -2.93. The first-order valence-corrected chi connectivity index (χ1v) is 9.66. The van der Waals surface area contributed by atoms with E-state index < -0.39 is 0 Å². The molecule has 1 aliphatic rings. The zero-order chi connectivity index (χ0) is 19.5. The van der Waals surface area contributed by atoms with Crippen LogP contribution in [0.3, 0.4) is 0 Å². The van der Waals surface area contributed by atoms with Crippen molar-refractivity contribution in [2.24, 2.45) is 0 Å². The minimum absolute atomic E-state index is 0.0737. The van der Waals surface area contributed by atoms with Crippen LogP contribution in [0, 0.1) is 6.92 Å². The Morgan fingerprint density at radius 3 is 2.68 bits per heavy atom. The summed E-state index contributed by atoms with van der Waals surface area (Å²) < 4.78 is 5.44. The van der Waals surface area contributed by atoms with Gasteiger partial charge < -0.3 is 14.7 Å². The number of piperazine rings is 1. The van der Waals surface area contributed by atoms with E-state index >= 15 is 0 Å². The van der Waals surface area contributed by atoms with Crippen molar-refractivity contribution in [2.75, 3.05) is 42.9 Å². The van der Waals surface area contributed by atoms with Crippen molar-refractivity contribution in [3.8, 4) is 0 Å². The van der Waals surface area contributed by atoms with Crippen molar-refractivity contribution in [3.63, 3.8) is 0 Å². The van der Waals surface area contributed by atoms with Gasteiger partial charge in [-0.05, 0) is 31.2 Å². The van der Waals surface area contributed by atoms with Gasteiger partial charge in [0.15, 0.2) is 11.4 Å². The molecule has 0 radical (unpaired) electrons. The van der Waals surface area contributed by atoms with Gasteiger partial charge >= 0.3 is 0 Å². The number of hydrogen-bond acceptors (Lipinski definition) is 6. The minimum Gasteiger partial charge on any atom is -0.354 e. The highest BCUT2D eigenvalue weighted by atomic mass is 16.5. The number of aromatic nitrogens is 2. The second kappa shape index (κ2) is 7.98. The molecular weight excluding hydrogens is 354 g/mol. The summed E-state index contributed by atoms with van der Waals surface area (Å²) in [6.45, 7) is 8.26. The summed E-state index contributed by atoms with van der Waals surface area (Å²) in [7, 11) is 0. The molecule has 7 heteroatoms. The quantitative estimate of drug-likeness (QED) is 0.735. The van der Waals surface area contributed by atoms with Crippen LogP contribution in [-0.4, -0.2) is 53.7 Å². The Morgan fingerprint density at radius 1 is 1.14 bits per heavy atom. The number of aryl methyl sites for hydroxylation is 1. The highest BCUT2D eigenvalue weighted by molar-refractivity contribution is 5.89. The average molecular weight is 379 g/mol. The van der Waals surface area contributed by atoms with Crippen molar-refractivity contribution in [2.45, 2.75) is 20.3 Å². The molecular formula is C21H25N5O2. The van der Waals surface area contributed by atoms with Gasteiger partial charge in [-0.2, -0.15) is 0 Å². The number of nitrogens with zero attached hydrogens (tertiary/aromatic N) is 4. The van der Waals surface area contributed by atoms with Gasteiger partial charge in [-0.1, -0.05) is 17.3 Å². The van der Waals surface area contributed by atoms with E-state index in [0.717, 1.165) is 73.0 Å². The predicted octanol–water partition coefficient (Wildman–Crippen LogP) is 2.85. The first kappa shape index (κ1) is 18.4. The van der Waals surface area contributed by atoms with Crippen LogP contribution in [0.5, 0.6) is 0 Å². The van der Waals surface area contributed by atoms with E-state index in [-0.39, 0.29) is 5.91 Å². The van der Waals surface area contributed by atoms with Gasteiger partial charge in [0.25, 0.3) is 0 Å². The summed E-state index contributed by atoms with van der Waals surface area (Å²) in [6.07, 6.45) is 0.897. The summed E-state index contributed by atoms with van der Waals surface area (Å²) >= 11 is 0. The van der Waals surface area contributed by atoms with Crippen LogP contribution in [0.1, 0.15) is 18.3 Å². The number of para-hydroxylation sites is 1. The molecule has 0 aliphatic carbocycles. The molecule has 28 heavy (non-hydrogen) atoms. The zero-order valence-electron chi connectivity index (χ0n) is 16.3. The fraction of sp³-hybridized carbons (Fsp3) is 0.381. The zero-order valence-corrected chi connectivity index (χ0v) is 16.3. The lowest BCUT2D eigenvalue weighted by Gasteiger charge is -2.34. The third kappa shape index (κ3) is 3.99. The Bertz CT molecular complexity index is 976. The van der Waals surface area contributed by atoms with Crippen LogP contribution < -0.4 is 10.2 Å². The standard InChI is InChI=1S/C21H25N5O2/c1-15-19(23-16(2)27)8-7-17(22-15)9-10-25-11-13-26(14-12-25)21-18-5-3-4-6-20(18)28-24-21/h3-8H,9-14H2,1-2H3,(H,23,27). The first-order chi connectivity index (χ1) is 13.6. The molecule has 1 N–H and O–H groups in total. The number of nitrogens with one attached hydrogen (secondary N) is 1. The lowest BCUT2D eigenvalue weighted by molar-refractivity contribution is -0.114. The third-order valence-corrected chi connectivity index (χ3v) is 5.17. The molecule has 3 heterocycles. The normalized spacial score (nSPS) is 15.1. The van der Waals surface area contributed by atoms with Crippen LogP contribution >= 0.6 is 0 Å². The summed E-state index contributed by atoms with van der Waals surface area (Å²) in [5.41, 5.74) is 3.53. The molecule has 0 unspecified atom stereocenters. The van der Waals surface area contributed by atoms with Gasteiger partial charge in [0.1, 0.15) is 0 Å². The van der Waals surface area contributed by atoms with E-state index in [1.807, 2.05) is 37.3 Å². The first-order valence-electron chi connectivity index (χ1n) is 9.66. The molecule has 0 bridgehead atoms. The predicted molar refractivity (Wildman–Crippen MR) is 110 cm³/mol. The maximum Gasteiger partial charge on any atom is 0.221 e. The molecule has 2 aromatic heterocycles. The fourth-order valence-electron chi connectivity index (χ4n) is 3.63. The monoisotopic (exact) mass is 379 g/mol. The lowest BCUT2D eigenvalue weighted by Crippen LogP contribution is -2.47. The molecule has 1 aliphatic heterocycles. The van der Waals surface area contributed by atoms with Gasteiger partial charge in [0.2, 0.25) is 5.91 Å². The summed E-state index contributed by atoms with van der Waals surface area (Å²) in [5, 5.41) is 8.15. The molecule has 146 valence electrons. The number of anilines is 2. The molecule has 3 aromatic rings. The van der Waals surface area contributed by atoms with Crippen LogP contribution in [0.15, 0.2) is 40.9 Å². The summed E-state index contributed by atoms with van der Waals surface area (Å²) in [5.74, 6) is 0.872. The van der Waals surface area contributed by atoms with Crippen molar-refractivity contribution in [1.82, 2.24) is 15.0 Å². The SMILES string of the molecule is CC(=O)Nc1ccc(CCN2CCN(c3noc4ccccc34)CC2)nc1C. The van der Waals surface area contributed by atoms with Crippen LogP contribution in [-0.2, 0) is 11.2 Å². The van der Waals surface area contributed by atoms with Gasteiger partial charge in [-0.15, -0.1) is 0 Å². The van der Waals surface area contributed by atoms with Crippen LogP contribution in [0.25, 0.3) is 11.0 Å². The molecule has 1 saturated heterocycles. The van der Waals surface area contributed by atoms with Crippen LogP contribution in [0.2, 0.25) is 0 Å². The van der Waals surface area contributed by atoms with E-state index in [1.54, 1.807) is 0 Å². The third-order valence-electron chi connectivity index (χ3n) is 5.17. The Morgan fingerprint density at radius 2 is 1.93 bits per heavy atom. The Balaban J connectivity index is 1.31. The molecule has 1 fully saturated rings. The minimum atomic E-state index is -0.0737. The van der Waals surface area contributed by atoms with Gasteiger partial charge in [0.05, 0.1) is 16.8 Å². The largest absolute Gasteiger partial charge is 0.354 e. The molecule has 7 nitrogen and oxygen atoms in total. The lowest BCUT2D eigenvalue weighted by atomic mass is 10.2. The van der Waals surface area contributed by atoms with Crippen molar-refractivity contribution in [1.29, 1.82) is 0 Å². The number of fused-ring (bicyclic) bond motifs is 1. The molecule has 4 rings (SSSR count). The molecule has 0 atom stereocenters. The highest BCUT2D eigenvalue weighted by Gasteiger charge is 2.21.